The number of hydrogen-bond donors (Lipinski definition) is 1. The van der Waals surface area contributed by atoms with E-state index in [1.165, 1.54) is 6.92 Å². The molecule has 3 rings (SSSR count). The molecule has 0 unspecified atom stereocenters. The number of aromatic nitrogens is 2. The molecule has 1 aromatic carbocycles. The van der Waals surface area contributed by atoms with E-state index in [0.29, 0.717) is 23.9 Å². The molecular formula is C15H13N3O3. The average Bonchev–Trinajstić information content (AvgIpc) is 3.11. The van der Waals surface area contributed by atoms with E-state index in [0.717, 1.165) is 11.3 Å². The molecule has 6 heteroatoms. The lowest BCUT2D eigenvalue weighted by Crippen LogP contribution is -2.05. The van der Waals surface area contributed by atoms with Gasteiger partial charge in [0.05, 0.1) is 12.7 Å². The zero-order valence-electron chi connectivity index (χ0n) is 11.4. The van der Waals surface area contributed by atoms with Crippen LogP contribution in [0.5, 0.6) is 0 Å². The number of rotatable bonds is 4. The molecule has 0 saturated heterocycles. The van der Waals surface area contributed by atoms with Gasteiger partial charge in [0.15, 0.2) is 5.76 Å². The largest absolute Gasteiger partial charge is 0.461 e. The maximum atomic E-state index is 11.0. The maximum Gasteiger partial charge on any atom is 0.238 e. The first-order chi connectivity index (χ1) is 10.2. The summed E-state index contributed by atoms with van der Waals surface area (Å²) in [5.74, 6) is 1.42. The van der Waals surface area contributed by atoms with Crippen molar-refractivity contribution in [3.63, 3.8) is 0 Å². The topological polar surface area (TPSA) is 81.2 Å². The van der Waals surface area contributed by atoms with Gasteiger partial charge in [-0.2, -0.15) is 4.98 Å². The molecule has 21 heavy (non-hydrogen) atoms. The Labute approximate surface area is 120 Å². The third kappa shape index (κ3) is 3.17. The van der Waals surface area contributed by atoms with Gasteiger partial charge in [-0.3, -0.25) is 4.79 Å². The highest BCUT2D eigenvalue weighted by atomic mass is 16.5. The summed E-state index contributed by atoms with van der Waals surface area (Å²) in [6.45, 7) is 1.47. The normalized spacial score (nSPS) is 10.5. The predicted octanol–water partition coefficient (Wildman–Crippen LogP) is 2.88. The molecule has 0 spiro atoms. The Hall–Kier alpha value is -2.89. The van der Waals surface area contributed by atoms with Gasteiger partial charge in [0.2, 0.25) is 17.6 Å². The molecule has 0 aliphatic rings. The Balaban J connectivity index is 1.70. The third-order valence-corrected chi connectivity index (χ3v) is 2.84. The van der Waals surface area contributed by atoms with Gasteiger partial charge in [0, 0.05) is 12.6 Å². The van der Waals surface area contributed by atoms with E-state index in [2.05, 4.69) is 15.5 Å². The zero-order chi connectivity index (χ0) is 14.7. The fourth-order valence-corrected chi connectivity index (χ4v) is 1.92. The van der Waals surface area contributed by atoms with Crippen molar-refractivity contribution in [2.24, 2.45) is 0 Å². The van der Waals surface area contributed by atoms with Crippen LogP contribution in [0.4, 0.5) is 5.69 Å². The molecule has 2 heterocycles. The molecule has 2 aromatic heterocycles. The highest BCUT2D eigenvalue weighted by molar-refractivity contribution is 5.88. The predicted molar refractivity (Wildman–Crippen MR) is 75.6 cm³/mol. The first-order valence-electron chi connectivity index (χ1n) is 6.44. The van der Waals surface area contributed by atoms with Crippen molar-refractivity contribution in [1.82, 2.24) is 10.1 Å². The van der Waals surface area contributed by atoms with Crippen LogP contribution in [0.2, 0.25) is 0 Å². The standard InChI is InChI=1S/C15H13N3O3/c1-10(19)16-12-6-4-11(5-7-12)9-14-17-15(18-21-14)13-3-2-8-20-13/h2-8H,9H2,1H3,(H,16,19). The first-order valence-corrected chi connectivity index (χ1v) is 6.44. The van der Waals surface area contributed by atoms with Crippen LogP contribution < -0.4 is 5.32 Å². The summed E-state index contributed by atoms with van der Waals surface area (Å²) in [6.07, 6.45) is 2.08. The summed E-state index contributed by atoms with van der Waals surface area (Å²) >= 11 is 0. The smallest absolute Gasteiger partial charge is 0.238 e. The van der Waals surface area contributed by atoms with Crippen molar-refractivity contribution in [2.75, 3.05) is 5.32 Å². The van der Waals surface area contributed by atoms with Gasteiger partial charge >= 0.3 is 0 Å². The molecule has 0 aliphatic heterocycles. The number of hydrogen-bond acceptors (Lipinski definition) is 5. The Morgan fingerprint density at radius 2 is 2.05 bits per heavy atom. The lowest BCUT2D eigenvalue weighted by atomic mass is 10.1. The highest BCUT2D eigenvalue weighted by Gasteiger charge is 2.11. The summed E-state index contributed by atoms with van der Waals surface area (Å²) in [7, 11) is 0. The molecule has 0 saturated carbocycles. The monoisotopic (exact) mass is 283 g/mol. The van der Waals surface area contributed by atoms with Gasteiger partial charge in [-0.05, 0) is 29.8 Å². The molecule has 3 aromatic rings. The van der Waals surface area contributed by atoms with Crippen molar-refractivity contribution >= 4 is 11.6 Å². The van der Waals surface area contributed by atoms with Crippen LogP contribution in [-0.4, -0.2) is 16.0 Å². The van der Waals surface area contributed by atoms with E-state index in [4.69, 9.17) is 8.94 Å². The number of amides is 1. The van der Waals surface area contributed by atoms with Gasteiger partial charge in [0.1, 0.15) is 0 Å². The molecule has 1 N–H and O–H groups in total. The minimum atomic E-state index is -0.0947. The van der Waals surface area contributed by atoms with E-state index in [9.17, 15) is 4.79 Å². The number of carbonyl (C=O) groups excluding carboxylic acids is 1. The van der Waals surface area contributed by atoms with E-state index in [1.807, 2.05) is 24.3 Å². The number of anilines is 1. The van der Waals surface area contributed by atoms with Crippen LogP contribution in [0, 0.1) is 0 Å². The molecule has 106 valence electrons. The molecule has 0 aliphatic carbocycles. The van der Waals surface area contributed by atoms with Gasteiger partial charge in [-0.25, -0.2) is 0 Å². The fourth-order valence-electron chi connectivity index (χ4n) is 1.92. The second-order valence-corrected chi connectivity index (χ2v) is 4.54. The van der Waals surface area contributed by atoms with Crippen molar-refractivity contribution in [2.45, 2.75) is 13.3 Å². The molecule has 0 bridgehead atoms. The average molecular weight is 283 g/mol. The van der Waals surface area contributed by atoms with Crippen LogP contribution in [0.3, 0.4) is 0 Å². The number of furan rings is 1. The van der Waals surface area contributed by atoms with Crippen molar-refractivity contribution in [3.05, 3.63) is 54.1 Å². The van der Waals surface area contributed by atoms with Gasteiger partial charge in [-0.15, -0.1) is 0 Å². The van der Waals surface area contributed by atoms with Crippen LogP contribution >= 0.6 is 0 Å². The van der Waals surface area contributed by atoms with Crippen molar-refractivity contribution in [3.8, 4) is 11.6 Å². The second-order valence-electron chi connectivity index (χ2n) is 4.54. The van der Waals surface area contributed by atoms with E-state index < -0.39 is 0 Å². The highest BCUT2D eigenvalue weighted by Crippen LogP contribution is 2.18. The van der Waals surface area contributed by atoms with Crippen LogP contribution in [0.15, 0.2) is 51.6 Å². The maximum absolute atomic E-state index is 11.0. The third-order valence-electron chi connectivity index (χ3n) is 2.84. The Morgan fingerprint density at radius 1 is 1.24 bits per heavy atom. The number of carbonyl (C=O) groups is 1. The summed E-state index contributed by atoms with van der Waals surface area (Å²) < 4.78 is 10.4. The van der Waals surface area contributed by atoms with Crippen molar-refractivity contribution in [1.29, 1.82) is 0 Å². The van der Waals surface area contributed by atoms with Gasteiger partial charge in [0.25, 0.3) is 0 Å². The molecule has 1 amide bonds. The summed E-state index contributed by atoms with van der Waals surface area (Å²) in [5, 5.41) is 6.59. The molecular weight excluding hydrogens is 270 g/mol. The first kappa shape index (κ1) is 13.1. The van der Waals surface area contributed by atoms with Crippen LogP contribution in [-0.2, 0) is 11.2 Å². The second kappa shape index (κ2) is 5.62. The minimum Gasteiger partial charge on any atom is -0.461 e. The Bertz CT molecular complexity index is 730. The lowest BCUT2D eigenvalue weighted by molar-refractivity contribution is -0.114. The summed E-state index contributed by atoms with van der Waals surface area (Å²) in [5.41, 5.74) is 1.77. The van der Waals surface area contributed by atoms with Crippen LogP contribution in [0.1, 0.15) is 18.4 Å². The number of nitrogens with zero attached hydrogens (tertiary/aromatic N) is 2. The SMILES string of the molecule is CC(=O)Nc1ccc(Cc2nc(-c3ccco3)no2)cc1. The van der Waals surface area contributed by atoms with Gasteiger partial charge < -0.3 is 14.3 Å². The number of nitrogens with one attached hydrogen (secondary N) is 1. The molecule has 0 fully saturated rings. The fraction of sp³-hybridized carbons (Fsp3) is 0.133. The van der Waals surface area contributed by atoms with Crippen molar-refractivity contribution < 1.29 is 13.7 Å². The van der Waals surface area contributed by atoms with Gasteiger partial charge in [-0.1, -0.05) is 17.3 Å². The number of benzene rings is 1. The summed E-state index contributed by atoms with van der Waals surface area (Å²) in [4.78, 5) is 15.2. The summed E-state index contributed by atoms with van der Waals surface area (Å²) in [6, 6.07) is 11.0. The molecule has 0 radical (unpaired) electrons. The minimum absolute atomic E-state index is 0.0947. The quantitative estimate of drug-likeness (QED) is 0.796. The Kier molecular flexibility index (Phi) is 3.51. The van der Waals surface area contributed by atoms with E-state index >= 15 is 0 Å². The van der Waals surface area contributed by atoms with E-state index in [1.54, 1.807) is 18.4 Å². The Morgan fingerprint density at radius 3 is 2.71 bits per heavy atom. The zero-order valence-corrected chi connectivity index (χ0v) is 11.4. The molecule has 0 atom stereocenters. The van der Waals surface area contributed by atoms with Crippen LogP contribution in [0.25, 0.3) is 11.6 Å². The van der Waals surface area contributed by atoms with E-state index in [-0.39, 0.29) is 5.91 Å². The lowest BCUT2D eigenvalue weighted by Gasteiger charge is -2.02. The molecule has 6 nitrogen and oxygen atoms in total.